The van der Waals surface area contributed by atoms with Crippen molar-refractivity contribution in [2.75, 3.05) is 5.32 Å². The lowest BCUT2D eigenvalue weighted by atomic mass is 10.1. The van der Waals surface area contributed by atoms with Crippen molar-refractivity contribution in [2.45, 2.75) is 19.1 Å². The van der Waals surface area contributed by atoms with Crippen LogP contribution in [-0.2, 0) is 20.9 Å². The number of ether oxygens (including phenoxy) is 1. The maximum absolute atomic E-state index is 12.6. The van der Waals surface area contributed by atoms with Crippen molar-refractivity contribution in [3.8, 4) is 0 Å². The number of benzene rings is 3. The standard InChI is InChI=1S/C24H23N5O4/c25-22(30)15-21(27-24(32)33-16-17-7-3-1-4-8-17)23(31)26-18-11-13-20(14-12-18)29-28-19-9-5-2-6-10-19/h1-14,21H,15-16H2,(H2,25,30)(H,26,31)(H,27,32)/t21-/m1/s1. The number of anilines is 1. The molecule has 0 heterocycles. The Bertz CT molecular complexity index is 1100. The molecule has 0 radical (unpaired) electrons. The van der Waals surface area contributed by atoms with Crippen LogP contribution in [0.2, 0.25) is 0 Å². The SMILES string of the molecule is NC(=O)C[C@@H](NC(=O)OCc1ccccc1)C(=O)Nc1ccc(N=Nc2ccccc2)cc1. The van der Waals surface area contributed by atoms with E-state index in [-0.39, 0.29) is 13.0 Å². The zero-order valence-electron chi connectivity index (χ0n) is 17.7. The Labute approximate surface area is 190 Å². The molecule has 0 fully saturated rings. The molecule has 9 nitrogen and oxygen atoms in total. The third kappa shape index (κ3) is 7.91. The first kappa shape index (κ1) is 23.1. The van der Waals surface area contributed by atoms with Crippen molar-refractivity contribution >= 4 is 35.0 Å². The summed E-state index contributed by atoms with van der Waals surface area (Å²) in [5.74, 6) is -1.35. The number of nitrogens with one attached hydrogen (secondary N) is 2. The summed E-state index contributed by atoms with van der Waals surface area (Å²) >= 11 is 0. The van der Waals surface area contributed by atoms with E-state index in [2.05, 4.69) is 20.9 Å². The molecular formula is C24H23N5O4. The summed E-state index contributed by atoms with van der Waals surface area (Å²) in [5, 5.41) is 13.3. The van der Waals surface area contributed by atoms with Gasteiger partial charge < -0.3 is 21.1 Å². The van der Waals surface area contributed by atoms with Gasteiger partial charge >= 0.3 is 6.09 Å². The molecule has 4 N–H and O–H groups in total. The summed E-state index contributed by atoms with van der Waals surface area (Å²) in [6.45, 7) is 0.0244. The molecule has 0 bridgehead atoms. The van der Waals surface area contributed by atoms with Crippen LogP contribution in [-0.4, -0.2) is 23.9 Å². The summed E-state index contributed by atoms with van der Waals surface area (Å²) in [7, 11) is 0. The zero-order valence-corrected chi connectivity index (χ0v) is 17.7. The van der Waals surface area contributed by atoms with E-state index in [1.165, 1.54) is 0 Å². The number of azo groups is 1. The average Bonchev–Trinajstić information content (AvgIpc) is 2.83. The summed E-state index contributed by atoms with van der Waals surface area (Å²) in [4.78, 5) is 36.1. The fraction of sp³-hybridized carbons (Fsp3) is 0.125. The van der Waals surface area contributed by atoms with E-state index < -0.39 is 23.9 Å². The lowest BCUT2D eigenvalue weighted by Crippen LogP contribution is -2.46. The minimum atomic E-state index is -1.19. The monoisotopic (exact) mass is 445 g/mol. The van der Waals surface area contributed by atoms with E-state index in [4.69, 9.17) is 10.5 Å². The highest BCUT2D eigenvalue weighted by atomic mass is 16.5. The summed E-state index contributed by atoms with van der Waals surface area (Å²) < 4.78 is 5.11. The van der Waals surface area contributed by atoms with Gasteiger partial charge in [0.25, 0.3) is 0 Å². The van der Waals surface area contributed by atoms with Crippen molar-refractivity contribution in [1.82, 2.24) is 5.32 Å². The van der Waals surface area contributed by atoms with Crippen LogP contribution in [0.25, 0.3) is 0 Å². The molecule has 33 heavy (non-hydrogen) atoms. The van der Waals surface area contributed by atoms with Crippen molar-refractivity contribution in [3.05, 3.63) is 90.5 Å². The van der Waals surface area contributed by atoms with Crippen LogP contribution in [0.4, 0.5) is 21.9 Å². The molecule has 0 saturated heterocycles. The van der Waals surface area contributed by atoms with Gasteiger partial charge in [-0.2, -0.15) is 10.2 Å². The van der Waals surface area contributed by atoms with Crippen LogP contribution in [0.15, 0.2) is 95.2 Å². The fourth-order valence-electron chi connectivity index (χ4n) is 2.77. The van der Waals surface area contributed by atoms with E-state index in [0.29, 0.717) is 11.4 Å². The number of nitrogens with two attached hydrogens (primary N) is 1. The quantitative estimate of drug-likeness (QED) is 0.425. The van der Waals surface area contributed by atoms with Crippen LogP contribution in [0.1, 0.15) is 12.0 Å². The first-order valence-corrected chi connectivity index (χ1v) is 10.1. The summed E-state index contributed by atoms with van der Waals surface area (Å²) in [5.41, 5.74) is 7.78. The van der Waals surface area contributed by atoms with Gasteiger partial charge in [-0.25, -0.2) is 4.79 Å². The third-order valence-electron chi connectivity index (χ3n) is 4.40. The van der Waals surface area contributed by atoms with Gasteiger partial charge in [0.2, 0.25) is 11.8 Å². The van der Waals surface area contributed by atoms with Gasteiger partial charge in [-0.3, -0.25) is 9.59 Å². The second-order valence-corrected chi connectivity index (χ2v) is 7.00. The van der Waals surface area contributed by atoms with E-state index >= 15 is 0 Å². The van der Waals surface area contributed by atoms with Gasteiger partial charge in [0, 0.05) is 5.69 Å². The molecule has 0 spiro atoms. The topological polar surface area (TPSA) is 135 Å². The number of amides is 3. The first-order valence-electron chi connectivity index (χ1n) is 10.1. The Balaban J connectivity index is 1.56. The highest BCUT2D eigenvalue weighted by Crippen LogP contribution is 2.20. The van der Waals surface area contributed by atoms with Gasteiger partial charge in [0.15, 0.2) is 0 Å². The number of nitrogens with zero attached hydrogens (tertiary/aromatic N) is 2. The predicted octanol–water partition coefficient (Wildman–Crippen LogP) is 4.21. The molecule has 0 aliphatic rings. The maximum Gasteiger partial charge on any atom is 0.408 e. The van der Waals surface area contributed by atoms with Gasteiger partial charge in [-0.1, -0.05) is 48.5 Å². The van der Waals surface area contributed by atoms with Gasteiger partial charge in [-0.05, 0) is 42.0 Å². The third-order valence-corrected chi connectivity index (χ3v) is 4.40. The maximum atomic E-state index is 12.6. The summed E-state index contributed by atoms with van der Waals surface area (Å²) in [6.07, 6.45) is -1.22. The highest BCUT2D eigenvalue weighted by Gasteiger charge is 2.23. The van der Waals surface area contributed by atoms with E-state index in [9.17, 15) is 14.4 Å². The molecule has 0 unspecified atom stereocenters. The number of hydrogen-bond acceptors (Lipinski definition) is 6. The largest absolute Gasteiger partial charge is 0.445 e. The molecular weight excluding hydrogens is 422 g/mol. The van der Waals surface area contributed by atoms with Crippen LogP contribution < -0.4 is 16.4 Å². The summed E-state index contributed by atoms with van der Waals surface area (Å²) in [6, 6.07) is 23.7. The Morgan fingerprint density at radius 2 is 1.39 bits per heavy atom. The molecule has 3 rings (SSSR count). The van der Waals surface area contributed by atoms with Crippen LogP contribution in [0.3, 0.4) is 0 Å². The average molecular weight is 445 g/mol. The number of primary amides is 1. The molecule has 3 aromatic carbocycles. The normalized spacial score (nSPS) is 11.5. The molecule has 0 aliphatic heterocycles. The van der Waals surface area contributed by atoms with Crippen LogP contribution in [0, 0.1) is 0 Å². The van der Waals surface area contributed by atoms with Gasteiger partial charge in [0.05, 0.1) is 17.8 Å². The van der Waals surface area contributed by atoms with Crippen molar-refractivity contribution in [3.63, 3.8) is 0 Å². The van der Waals surface area contributed by atoms with Crippen molar-refractivity contribution in [2.24, 2.45) is 16.0 Å². The first-order chi connectivity index (χ1) is 16.0. The predicted molar refractivity (Wildman–Crippen MR) is 123 cm³/mol. The zero-order chi connectivity index (χ0) is 23.5. The highest BCUT2D eigenvalue weighted by molar-refractivity contribution is 5.99. The Morgan fingerprint density at radius 3 is 2.00 bits per heavy atom. The van der Waals surface area contributed by atoms with E-state index in [1.54, 1.807) is 36.4 Å². The molecule has 3 amide bonds. The Kier molecular flexibility index (Phi) is 8.24. The molecule has 168 valence electrons. The molecule has 0 aromatic heterocycles. The smallest absolute Gasteiger partial charge is 0.408 e. The van der Waals surface area contributed by atoms with Gasteiger partial charge in [-0.15, -0.1) is 0 Å². The molecule has 3 aromatic rings. The minimum absolute atomic E-state index is 0.0244. The van der Waals surface area contributed by atoms with Crippen molar-refractivity contribution < 1.29 is 19.1 Å². The number of alkyl carbamates (subject to hydrolysis) is 1. The van der Waals surface area contributed by atoms with E-state index in [1.807, 2.05) is 48.5 Å². The number of carbonyl (C=O) groups is 3. The lowest BCUT2D eigenvalue weighted by molar-refractivity contribution is -0.123. The minimum Gasteiger partial charge on any atom is -0.445 e. The van der Waals surface area contributed by atoms with Crippen LogP contribution >= 0.6 is 0 Å². The van der Waals surface area contributed by atoms with Crippen molar-refractivity contribution in [1.29, 1.82) is 0 Å². The molecule has 0 aliphatic carbocycles. The van der Waals surface area contributed by atoms with Gasteiger partial charge in [0.1, 0.15) is 12.6 Å². The molecule has 0 saturated carbocycles. The Hall–Kier alpha value is -4.53. The molecule has 9 heteroatoms. The fourth-order valence-corrected chi connectivity index (χ4v) is 2.77. The Morgan fingerprint density at radius 1 is 0.818 bits per heavy atom. The number of carbonyl (C=O) groups excluding carboxylic acids is 3. The van der Waals surface area contributed by atoms with Crippen LogP contribution in [0.5, 0.6) is 0 Å². The lowest BCUT2D eigenvalue weighted by Gasteiger charge is -2.17. The van der Waals surface area contributed by atoms with E-state index in [0.717, 1.165) is 11.3 Å². The number of hydrogen-bond donors (Lipinski definition) is 3. The second-order valence-electron chi connectivity index (χ2n) is 7.00. The molecule has 1 atom stereocenters. The second kappa shape index (κ2) is 11.8. The number of rotatable bonds is 9.